The van der Waals surface area contributed by atoms with Crippen LogP contribution in [-0.4, -0.2) is 87.2 Å². The Bertz CT molecular complexity index is 1800. The number of imidazole rings is 1. The first-order valence-corrected chi connectivity index (χ1v) is 15.7. The molecule has 46 heavy (non-hydrogen) atoms. The summed E-state index contributed by atoms with van der Waals surface area (Å²) in [5.41, 5.74) is 16.8. The number of carboxylic acids is 2. The Morgan fingerprint density at radius 1 is 1.33 bits per heavy atom. The van der Waals surface area contributed by atoms with E-state index in [-0.39, 0.29) is 40.9 Å². The van der Waals surface area contributed by atoms with Crippen molar-refractivity contribution in [3.05, 3.63) is 35.4 Å². The fourth-order valence-electron chi connectivity index (χ4n) is 4.77. The maximum atomic E-state index is 13.3. The van der Waals surface area contributed by atoms with Gasteiger partial charge in [0.2, 0.25) is 17.1 Å². The van der Waals surface area contributed by atoms with Gasteiger partial charge in [-0.2, -0.15) is 9.36 Å². The molecule has 0 aliphatic carbocycles. The van der Waals surface area contributed by atoms with Crippen molar-refractivity contribution in [1.82, 2.24) is 29.1 Å². The molecular formula is C26H31N11O7S2. The highest BCUT2D eigenvalue weighted by Gasteiger charge is 2.53. The maximum Gasteiger partial charge on any atom is 0.351 e. The number of aliphatic carboxylic acids is 2. The van der Waals surface area contributed by atoms with Crippen LogP contribution in [0.1, 0.15) is 33.0 Å². The predicted octanol–water partition coefficient (Wildman–Crippen LogP) is -2.23. The summed E-state index contributed by atoms with van der Waals surface area (Å²) in [6, 6.07) is 2.44. The first-order chi connectivity index (χ1) is 21.7. The second-order valence-electron chi connectivity index (χ2n) is 11.1. The number of amides is 2. The SMILES string of the molecule is C[C@H](N)CCn1c(N)nc2c1ccc[n+]2CC1=C(C(=O)[O-])N2C(=O)C(NC(=O)/C(=N\OC(C)(C)C(=O)O)c3nsc(N)n3)C2SC1. The first-order valence-electron chi connectivity index (χ1n) is 13.9. The Morgan fingerprint density at radius 3 is 2.70 bits per heavy atom. The molecule has 2 aliphatic rings. The Hall–Kier alpha value is -4.82. The summed E-state index contributed by atoms with van der Waals surface area (Å²) in [7, 11) is 0. The van der Waals surface area contributed by atoms with Crippen molar-refractivity contribution in [1.29, 1.82) is 0 Å². The smallest absolute Gasteiger partial charge is 0.351 e. The molecule has 0 aromatic carbocycles. The molecule has 0 radical (unpaired) electrons. The molecule has 20 heteroatoms. The molecule has 244 valence electrons. The fraction of sp³-hybridized carbons (Fsp3) is 0.423. The van der Waals surface area contributed by atoms with Crippen LogP contribution in [0.2, 0.25) is 0 Å². The number of carboxylic acid groups (broad SMARTS) is 2. The standard InChI is InChI=1S/C26H31N11O7S2/c1-11(27)6-8-36-13-5-4-7-35(18(13)32-24(36)28)9-12-10-45-21-15(20(39)37(21)16(12)22(40)41)30-19(38)14(17-31-25(29)46-34-17)33-44-26(2,3)23(42)43/h4-5,7,11,15,21,28H,6,8-10,27H2,1-3H3,(H5,29,30,31,34,38,40,41,42,43)/b33-14-/t11-,15?,21?/m0/s1. The summed E-state index contributed by atoms with van der Waals surface area (Å²) < 4.78 is 7.51. The predicted molar refractivity (Wildman–Crippen MR) is 163 cm³/mol. The Kier molecular flexibility index (Phi) is 8.87. The van der Waals surface area contributed by atoms with Crippen LogP contribution in [0.4, 0.5) is 11.1 Å². The van der Waals surface area contributed by atoms with Gasteiger partial charge in [0.25, 0.3) is 11.8 Å². The topological polar surface area (TPSA) is 274 Å². The number of β-lactam (4-membered cyclic amide) rings is 1. The molecule has 3 atom stereocenters. The molecule has 5 rings (SSSR count). The van der Waals surface area contributed by atoms with Gasteiger partial charge in [-0.15, -0.1) is 11.8 Å². The van der Waals surface area contributed by atoms with Gasteiger partial charge >= 0.3 is 17.6 Å². The number of oxime groups is 1. The Morgan fingerprint density at radius 2 is 2.07 bits per heavy atom. The third-order valence-corrected chi connectivity index (χ3v) is 9.14. The second-order valence-corrected chi connectivity index (χ2v) is 13.0. The molecular weight excluding hydrogens is 642 g/mol. The molecule has 0 bridgehead atoms. The van der Waals surface area contributed by atoms with Crippen LogP contribution >= 0.6 is 23.3 Å². The van der Waals surface area contributed by atoms with E-state index >= 15 is 0 Å². The van der Waals surface area contributed by atoms with Crippen molar-refractivity contribution >= 4 is 75.0 Å². The summed E-state index contributed by atoms with van der Waals surface area (Å²) in [6.07, 6.45) is 2.41. The number of carbonyl (C=O) groups is 4. The number of nitrogens with zero attached hydrogens (tertiary/aromatic N) is 7. The molecule has 1 saturated heterocycles. The van der Waals surface area contributed by atoms with Crippen LogP contribution in [-0.2, 0) is 37.1 Å². The van der Waals surface area contributed by atoms with E-state index in [0.29, 0.717) is 24.2 Å². The molecule has 18 nitrogen and oxygen atoms in total. The van der Waals surface area contributed by atoms with Crippen molar-refractivity contribution in [3.8, 4) is 0 Å². The number of nitrogens with two attached hydrogens (primary N) is 3. The summed E-state index contributed by atoms with van der Waals surface area (Å²) >= 11 is 2.00. The average Bonchev–Trinajstić information content (AvgIpc) is 3.56. The molecule has 1 fully saturated rings. The molecule has 5 heterocycles. The van der Waals surface area contributed by atoms with Gasteiger partial charge in [-0.1, -0.05) is 5.16 Å². The van der Waals surface area contributed by atoms with Crippen LogP contribution in [0.15, 0.2) is 34.8 Å². The maximum absolute atomic E-state index is 13.3. The van der Waals surface area contributed by atoms with Gasteiger partial charge in [0.15, 0.2) is 5.13 Å². The number of pyridine rings is 1. The number of rotatable bonds is 12. The van der Waals surface area contributed by atoms with Crippen LogP contribution in [0.25, 0.3) is 11.2 Å². The van der Waals surface area contributed by atoms with E-state index < -0.39 is 46.5 Å². The molecule has 3 aromatic rings. The normalized spacial score (nSPS) is 19.1. The highest BCUT2D eigenvalue weighted by atomic mass is 32.2. The minimum absolute atomic E-state index is 0.00571. The number of nitrogens with one attached hydrogen (secondary N) is 1. The number of anilines is 2. The third kappa shape index (κ3) is 6.17. The number of carbonyl (C=O) groups excluding carboxylic acids is 3. The summed E-state index contributed by atoms with van der Waals surface area (Å²) in [6.45, 7) is 4.95. The largest absolute Gasteiger partial charge is 0.543 e. The Labute approximate surface area is 269 Å². The lowest BCUT2D eigenvalue weighted by Crippen LogP contribution is -2.71. The highest BCUT2D eigenvalue weighted by Crippen LogP contribution is 2.40. The molecule has 2 unspecified atom stereocenters. The van der Waals surface area contributed by atoms with Crippen LogP contribution < -0.4 is 32.2 Å². The molecule has 2 aliphatic heterocycles. The summed E-state index contributed by atoms with van der Waals surface area (Å²) in [5.74, 6) is -4.33. The number of thioether (sulfide) groups is 1. The van der Waals surface area contributed by atoms with Crippen LogP contribution in [0.5, 0.6) is 0 Å². The van der Waals surface area contributed by atoms with Gasteiger partial charge in [0.1, 0.15) is 23.5 Å². The van der Waals surface area contributed by atoms with Crippen LogP contribution in [0, 0.1) is 0 Å². The zero-order valence-corrected chi connectivity index (χ0v) is 26.5. The minimum atomic E-state index is -1.81. The number of aryl methyl sites for hydroxylation is 1. The van der Waals surface area contributed by atoms with Crippen molar-refractivity contribution in [2.24, 2.45) is 10.9 Å². The van der Waals surface area contributed by atoms with E-state index in [4.69, 9.17) is 22.0 Å². The van der Waals surface area contributed by atoms with Crippen molar-refractivity contribution < 1.29 is 38.8 Å². The molecule has 3 aromatic heterocycles. The minimum Gasteiger partial charge on any atom is -0.543 e. The van der Waals surface area contributed by atoms with Crippen molar-refractivity contribution in [3.63, 3.8) is 0 Å². The average molecular weight is 674 g/mol. The number of hydrogen-bond donors (Lipinski definition) is 5. The number of hydrogen-bond acceptors (Lipinski definition) is 15. The zero-order valence-electron chi connectivity index (χ0n) is 24.9. The Balaban J connectivity index is 1.38. The van der Waals surface area contributed by atoms with Gasteiger partial charge in [0.05, 0.1) is 17.9 Å². The van der Waals surface area contributed by atoms with E-state index in [1.807, 2.05) is 17.6 Å². The monoisotopic (exact) mass is 673 g/mol. The number of nitrogen functional groups attached to an aromatic ring is 2. The summed E-state index contributed by atoms with van der Waals surface area (Å²) in [4.78, 5) is 65.0. The first kappa shape index (κ1) is 32.6. The van der Waals surface area contributed by atoms with E-state index in [1.54, 1.807) is 16.8 Å². The van der Waals surface area contributed by atoms with E-state index in [0.717, 1.165) is 21.9 Å². The highest BCUT2D eigenvalue weighted by molar-refractivity contribution is 8.00. The molecule has 2 amide bonds. The third-order valence-electron chi connectivity index (χ3n) is 7.25. The number of aromatic nitrogens is 5. The van der Waals surface area contributed by atoms with Crippen LogP contribution in [0.3, 0.4) is 0 Å². The molecule has 0 spiro atoms. The summed E-state index contributed by atoms with van der Waals surface area (Å²) in [5, 5.41) is 27.1. The van der Waals surface area contributed by atoms with Crippen molar-refractivity contribution in [2.45, 2.75) is 63.3 Å². The second kappa shape index (κ2) is 12.5. The lowest BCUT2D eigenvalue weighted by atomic mass is 10.0. The van der Waals surface area contributed by atoms with Gasteiger partial charge in [0, 0.05) is 35.4 Å². The van der Waals surface area contributed by atoms with E-state index in [2.05, 4.69) is 24.8 Å². The lowest BCUT2D eigenvalue weighted by Gasteiger charge is -2.50. The quantitative estimate of drug-likeness (QED) is 0.0589. The molecule has 8 N–H and O–H groups in total. The van der Waals surface area contributed by atoms with E-state index in [1.165, 1.54) is 25.6 Å². The van der Waals surface area contributed by atoms with Gasteiger partial charge in [-0.25, -0.2) is 9.36 Å². The van der Waals surface area contributed by atoms with Gasteiger partial charge in [-0.3, -0.25) is 19.1 Å². The lowest BCUT2D eigenvalue weighted by molar-refractivity contribution is -0.664. The van der Waals surface area contributed by atoms with Gasteiger partial charge in [-0.05, 0) is 44.3 Å². The number of fused-ring (bicyclic) bond motifs is 2. The molecule has 0 saturated carbocycles. The van der Waals surface area contributed by atoms with E-state index in [9.17, 15) is 29.4 Å². The van der Waals surface area contributed by atoms with Gasteiger partial charge < -0.3 is 42.4 Å². The van der Waals surface area contributed by atoms with Crippen molar-refractivity contribution in [2.75, 3.05) is 17.2 Å². The zero-order chi connectivity index (χ0) is 33.5. The fourth-order valence-corrected chi connectivity index (χ4v) is 6.54.